The molecule has 6 nitrogen and oxygen atoms in total. The number of guanidine groups is 1. The second-order valence-electron chi connectivity index (χ2n) is 7.39. The molecule has 0 aromatic carbocycles. The molecule has 1 amide bonds. The molecule has 0 unspecified atom stereocenters. The van der Waals surface area contributed by atoms with Crippen molar-refractivity contribution in [3.8, 4) is 0 Å². The molecule has 2 rings (SSSR count). The van der Waals surface area contributed by atoms with Crippen molar-refractivity contribution < 1.29 is 9.53 Å². The minimum absolute atomic E-state index is 0.000788. The van der Waals surface area contributed by atoms with Crippen LogP contribution in [-0.4, -0.2) is 57.2 Å². The number of thiophene rings is 1. The number of hydrogen-bond donors (Lipinski definition) is 2. The lowest BCUT2D eigenvalue weighted by atomic mass is 9.83. The number of rotatable bonds is 10. The van der Waals surface area contributed by atoms with E-state index < -0.39 is 0 Å². The highest BCUT2D eigenvalue weighted by Gasteiger charge is 2.33. The minimum atomic E-state index is -0.000788. The molecule has 7 heteroatoms. The van der Waals surface area contributed by atoms with Crippen molar-refractivity contribution in [2.45, 2.75) is 45.6 Å². The highest BCUT2D eigenvalue weighted by Crippen LogP contribution is 2.40. The van der Waals surface area contributed by atoms with Gasteiger partial charge in [0.2, 0.25) is 5.91 Å². The van der Waals surface area contributed by atoms with Crippen molar-refractivity contribution in [2.24, 2.45) is 10.4 Å². The van der Waals surface area contributed by atoms with Gasteiger partial charge in [-0.25, -0.2) is 4.99 Å². The van der Waals surface area contributed by atoms with Crippen molar-refractivity contribution in [1.82, 2.24) is 15.5 Å². The van der Waals surface area contributed by atoms with Gasteiger partial charge in [-0.15, -0.1) is 11.3 Å². The molecule has 1 aliphatic carbocycles. The molecule has 0 radical (unpaired) electrons. The SMILES string of the molecule is CCOCCC1(CNC(=NCC(=O)N(C)C)NCc2cccs2)CCCC1. The van der Waals surface area contributed by atoms with Gasteiger partial charge in [0.1, 0.15) is 6.54 Å². The van der Waals surface area contributed by atoms with Crippen LogP contribution in [-0.2, 0) is 16.1 Å². The molecule has 1 aromatic rings. The number of carbonyl (C=O) groups is 1. The number of amides is 1. The van der Waals surface area contributed by atoms with Gasteiger partial charge in [-0.1, -0.05) is 18.9 Å². The van der Waals surface area contributed by atoms with Crippen molar-refractivity contribution in [2.75, 3.05) is 40.4 Å². The molecule has 152 valence electrons. The Morgan fingerprint density at radius 3 is 2.74 bits per heavy atom. The summed E-state index contributed by atoms with van der Waals surface area (Å²) >= 11 is 1.71. The van der Waals surface area contributed by atoms with Gasteiger partial charge in [0, 0.05) is 38.7 Å². The van der Waals surface area contributed by atoms with Crippen LogP contribution in [0.1, 0.15) is 43.9 Å². The van der Waals surface area contributed by atoms with Crippen LogP contribution in [0.15, 0.2) is 22.5 Å². The summed E-state index contributed by atoms with van der Waals surface area (Å²) in [5, 5.41) is 8.94. The first-order chi connectivity index (χ1) is 13.0. The Bertz CT molecular complexity index is 581. The van der Waals surface area contributed by atoms with Gasteiger partial charge in [-0.05, 0) is 43.0 Å². The normalized spacial score (nSPS) is 16.3. The molecule has 1 aromatic heterocycles. The first-order valence-electron chi connectivity index (χ1n) is 9.87. The van der Waals surface area contributed by atoms with E-state index in [9.17, 15) is 4.79 Å². The molecule has 2 N–H and O–H groups in total. The molecule has 1 saturated carbocycles. The molecule has 0 aliphatic heterocycles. The van der Waals surface area contributed by atoms with Crippen LogP contribution in [0.25, 0.3) is 0 Å². The number of hydrogen-bond acceptors (Lipinski definition) is 4. The molecule has 0 spiro atoms. The highest BCUT2D eigenvalue weighted by atomic mass is 32.1. The average Bonchev–Trinajstić information content (AvgIpc) is 3.33. The third kappa shape index (κ3) is 7.50. The van der Waals surface area contributed by atoms with E-state index in [0.29, 0.717) is 12.5 Å². The van der Waals surface area contributed by atoms with Gasteiger partial charge in [-0.2, -0.15) is 0 Å². The minimum Gasteiger partial charge on any atom is -0.382 e. The molecule has 0 atom stereocenters. The maximum Gasteiger partial charge on any atom is 0.243 e. The summed E-state index contributed by atoms with van der Waals surface area (Å²) in [4.78, 5) is 19.3. The fourth-order valence-corrected chi connectivity index (χ4v) is 4.04. The van der Waals surface area contributed by atoms with E-state index in [1.165, 1.54) is 30.6 Å². The van der Waals surface area contributed by atoms with Crippen LogP contribution in [0.5, 0.6) is 0 Å². The Labute approximate surface area is 167 Å². The molecule has 1 aliphatic rings. The van der Waals surface area contributed by atoms with E-state index >= 15 is 0 Å². The maximum atomic E-state index is 11.9. The Balaban J connectivity index is 1.96. The molecule has 27 heavy (non-hydrogen) atoms. The van der Waals surface area contributed by atoms with Gasteiger partial charge in [0.05, 0.1) is 6.54 Å². The van der Waals surface area contributed by atoms with E-state index in [1.807, 2.05) is 13.0 Å². The van der Waals surface area contributed by atoms with Gasteiger partial charge in [-0.3, -0.25) is 4.79 Å². The molecule has 1 heterocycles. The van der Waals surface area contributed by atoms with Gasteiger partial charge >= 0.3 is 0 Å². The summed E-state index contributed by atoms with van der Waals surface area (Å²) in [5.41, 5.74) is 0.270. The molecule has 0 bridgehead atoms. The van der Waals surface area contributed by atoms with Crippen molar-refractivity contribution >= 4 is 23.2 Å². The van der Waals surface area contributed by atoms with E-state index in [1.54, 1.807) is 30.3 Å². The molecule has 1 fully saturated rings. The zero-order chi connectivity index (χ0) is 19.5. The number of nitrogens with one attached hydrogen (secondary N) is 2. The van der Waals surface area contributed by atoms with Crippen molar-refractivity contribution in [3.63, 3.8) is 0 Å². The zero-order valence-corrected chi connectivity index (χ0v) is 17.7. The lowest BCUT2D eigenvalue weighted by molar-refractivity contribution is -0.127. The predicted octanol–water partition coefficient (Wildman–Crippen LogP) is 2.86. The van der Waals surface area contributed by atoms with Crippen LogP contribution in [0.3, 0.4) is 0 Å². The maximum absolute atomic E-state index is 11.9. The first kappa shape index (κ1) is 21.7. The van der Waals surface area contributed by atoms with Gasteiger partial charge in [0.15, 0.2) is 5.96 Å². The molecular formula is C20H34N4O2S. The standard InChI is InChI=1S/C20H34N4O2S/c1-4-26-12-11-20(9-5-6-10-20)16-23-19(22-15-18(25)24(2)3)21-14-17-8-7-13-27-17/h7-8,13H,4-6,9-12,14-16H2,1-3H3,(H2,21,22,23). The Hall–Kier alpha value is -1.60. The summed E-state index contributed by atoms with van der Waals surface area (Å²) in [6.45, 7) is 5.36. The summed E-state index contributed by atoms with van der Waals surface area (Å²) in [6, 6.07) is 4.14. The lowest BCUT2D eigenvalue weighted by Gasteiger charge is -2.30. The fourth-order valence-electron chi connectivity index (χ4n) is 3.39. The Morgan fingerprint density at radius 2 is 2.11 bits per heavy atom. The smallest absolute Gasteiger partial charge is 0.243 e. The van der Waals surface area contributed by atoms with E-state index in [2.05, 4.69) is 27.1 Å². The zero-order valence-electron chi connectivity index (χ0n) is 16.9. The monoisotopic (exact) mass is 394 g/mol. The van der Waals surface area contributed by atoms with Crippen LogP contribution in [0.4, 0.5) is 0 Å². The molecular weight excluding hydrogens is 360 g/mol. The van der Waals surface area contributed by atoms with E-state index in [-0.39, 0.29) is 17.9 Å². The van der Waals surface area contributed by atoms with Crippen LogP contribution in [0, 0.1) is 5.41 Å². The lowest BCUT2D eigenvalue weighted by Crippen LogP contribution is -2.43. The number of nitrogens with zero attached hydrogens (tertiary/aromatic N) is 2. The van der Waals surface area contributed by atoms with Crippen molar-refractivity contribution in [1.29, 1.82) is 0 Å². The summed E-state index contributed by atoms with van der Waals surface area (Å²) < 4.78 is 5.61. The topological polar surface area (TPSA) is 66.0 Å². The van der Waals surface area contributed by atoms with E-state index in [4.69, 9.17) is 4.74 Å². The van der Waals surface area contributed by atoms with Crippen LogP contribution in [0.2, 0.25) is 0 Å². The Kier molecular flexibility index (Phi) is 9.07. The number of likely N-dealkylation sites (N-methyl/N-ethyl adjacent to an activating group) is 1. The summed E-state index contributed by atoms with van der Waals surface area (Å²) in [5.74, 6) is 0.709. The fraction of sp³-hybridized carbons (Fsp3) is 0.700. The summed E-state index contributed by atoms with van der Waals surface area (Å²) in [7, 11) is 3.51. The third-order valence-electron chi connectivity index (χ3n) is 5.16. The third-order valence-corrected chi connectivity index (χ3v) is 6.03. The predicted molar refractivity (Wildman–Crippen MR) is 112 cm³/mol. The Morgan fingerprint density at radius 1 is 1.33 bits per heavy atom. The van der Waals surface area contributed by atoms with Crippen LogP contribution < -0.4 is 10.6 Å². The highest BCUT2D eigenvalue weighted by molar-refractivity contribution is 7.09. The van der Waals surface area contributed by atoms with Gasteiger partial charge in [0.25, 0.3) is 0 Å². The summed E-state index contributed by atoms with van der Waals surface area (Å²) in [6.07, 6.45) is 6.08. The largest absolute Gasteiger partial charge is 0.382 e. The van der Waals surface area contributed by atoms with Gasteiger partial charge < -0.3 is 20.3 Å². The number of aliphatic imine (C=N–C) groups is 1. The second-order valence-corrected chi connectivity index (χ2v) is 8.43. The number of ether oxygens (including phenoxy) is 1. The second kappa shape index (κ2) is 11.3. The number of carbonyl (C=O) groups excluding carboxylic acids is 1. The first-order valence-corrected chi connectivity index (χ1v) is 10.7. The van der Waals surface area contributed by atoms with Crippen molar-refractivity contribution in [3.05, 3.63) is 22.4 Å². The van der Waals surface area contributed by atoms with Crippen LogP contribution >= 0.6 is 11.3 Å². The quantitative estimate of drug-likeness (QED) is 0.364. The molecule has 0 saturated heterocycles. The average molecular weight is 395 g/mol. The van der Waals surface area contributed by atoms with E-state index in [0.717, 1.165) is 26.2 Å².